The monoisotopic (exact) mass is 308 g/mol. The van der Waals surface area contributed by atoms with E-state index in [4.69, 9.17) is 5.11 Å². The third kappa shape index (κ3) is 2.78. The van der Waals surface area contributed by atoms with Crippen LogP contribution >= 0.6 is 15.9 Å². The third-order valence-corrected chi connectivity index (χ3v) is 2.79. The van der Waals surface area contributed by atoms with Gasteiger partial charge in [-0.2, -0.15) is 0 Å². The summed E-state index contributed by atoms with van der Waals surface area (Å²) < 4.78 is 0.745. The van der Waals surface area contributed by atoms with E-state index in [2.05, 4.69) is 21.2 Å². The summed E-state index contributed by atoms with van der Waals surface area (Å²) in [5, 5.41) is 23.0. The van der Waals surface area contributed by atoms with Crippen LogP contribution in [0.3, 0.4) is 0 Å². The van der Waals surface area contributed by atoms with Gasteiger partial charge >= 0.3 is 0 Å². The van der Waals surface area contributed by atoms with Gasteiger partial charge in [0.05, 0.1) is 4.92 Å². The first-order valence-corrected chi connectivity index (χ1v) is 5.85. The van der Waals surface area contributed by atoms with Gasteiger partial charge in [0.1, 0.15) is 11.4 Å². The maximum Gasteiger partial charge on any atom is 0.292 e. The standard InChI is InChI=1S/C12H9BrN2O3/c13-8-1-6-12(15(17)18)11(7-8)14-9-2-4-10(16)5-3-9/h1-7,14,16H. The number of anilines is 2. The number of phenolic OH excluding ortho intramolecular Hbond substituents is 1. The summed E-state index contributed by atoms with van der Waals surface area (Å²) in [6.07, 6.45) is 0. The molecule has 2 N–H and O–H groups in total. The molecule has 0 aliphatic heterocycles. The smallest absolute Gasteiger partial charge is 0.292 e. The molecule has 0 radical (unpaired) electrons. The van der Waals surface area contributed by atoms with E-state index in [1.54, 1.807) is 24.3 Å². The van der Waals surface area contributed by atoms with Crippen molar-refractivity contribution in [2.24, 2.45) is 0 Å². The summed E-state index contributed by atoms with van der Waals surface area (Å²) in [4.78, 5) is 10.4. The Bertz CT molecular complexity index is 584. The fourth-order valence-corrected chi connectivity index (χ4v) is 1.83. The number of nitro groups is 1. The summed E-state index contributed by atoms with van der Waals surface area (Å²) in [5.74, 6) is 0.143. The molecule has 2 rings (SSSR count). The van der Waals surface area contributed by atoms with E-state index in [0.29, 0.717) is 11.4 Å². The van der Waals surface area contributed by atoms with Crippen molar-refractivity contribution < 1.29 is 10.0 Å². The van der Waals surface area contributed by atoms with E-state index in [-0.39, 0.29) is 11.4 Å². The number of nitrogens with one attached hydrogen (secondary N) is 1. The molecule has 2 aromatic rings. The Morgan fingerprint density at radius 2 is 1.83 bits per heavy atom. The zero-order valence-corrected chi connectivity index (χ0v) is 10.7. The van der Waals surface area contributed by atoms with E-state index in [1.807, 2.05) is 0 Å². The van der Waals surface area contributed by atoms with Crippen LogP contribution in [0.25, 0.3) is 0 Å². The largest absolute Gasteiger partial charge is 0.508 e. The number of aromatic hydroxyl groups is 1. The lowest BCUT2D eigenvalue weighted by molar-refractivity contribution is -0.383. The van der Waals surface area contributed by atoms with Gasteiger partial charge in [0.15, 0.2) is 0 Å². The van der Waals surface area contributed by atoms with Gasteiger partial charge in [0, 0.05) is 16.2 Å². The second kappa shape index (κ2) is 5.05. The van der Waals surface area contributed by atoms with Crippen LogP contribution in [-0.2, 0) is 0 Å². The number of phenols is 1. The highest BCUT2D eigenvalue weighted by Gasteiger charge is 2.13. The molecule has 0 atom stereocenters. The molecule has 5 nitrogen and oxygen atoms in total. The van der Waals surface area contributed by atoms with Crippen LogP contribution < -0.4 is 5.32 Å². The van der Waals surface area contributed by atoms with E-state index in [1.165, 1.54) is 18.2 Å². The summed E-state index contributed by atoms with van der Waals surface area (Å²) in [6.45, 7) is 0. The number of nitro benzene ring substituents is 1. The summed E-state index contributed by atoms with van der Waals surface area (Å²) in [5.41, 5.74) is 1.04. The van der Waals surface area contributed by atoms with Crippen molar-refractivity contribution in [3.63, 3.8) is 0 Å². The van der Waals surface area contributed by atoms with Crippen LogP contribution in [0, 0.1) is 10.1 Å². The number of hydrogen-bond acceptors (Lipinski definition) is 4. The maximum absolute atomic E-state index is 10.9. The van der Waals surface area contributed by atoms with Crippen LogP contribution in [0.4, 0.5) is 17.1 Å². The van der Waals surface area contributed by atoms with Crippen LogP contribution in [0.1, 0.15) is 0 Å². The van der Waals surface area contributed by atoms with Crippen molar-refractivity contribution in [2.75, 3.05) is 5.32 Å². The highest BCUT2D eigenvalue weighted by molar-refractivity contribution is 9.10. The maximum atomic E-state index is 10.9. The molecule has 0 fully saturated rings. The van der Waals surface area contributed by atoms with Gasteiger partial charge in [-0.05, 0) is 36.4 Å². The molecule has 0 saturated carbocycles. The number of rotatable bonds is 3. The van der Waals surface area contributed by atoms with Gasteiger partial charge in [-0.15, -0.1) is 0 Å². The highest BCUT2D eigenvalue weighted by atomic mass is 79.9. The Morgan fingerprint density at radius 1 is 1.17 bits per heavy atom. The molecule has 0 amide bonds. The third-order valence-electron chi connectivity index (χ3n) is 2.30. The van der Waals surface area contributed by atoms with Crippen molar-refractivity contribution in [1.82, 2.24) is 0 Å². The van der Waals surface area contributed by atoms with Crippen molar-refractivity contribution in [3.05, 3.63) is 57.1 Å². The molecule has 0 aliphatic rings. The van der Waals surface area contributed by atoms with Crippen molar-refractivity contribution in [1.29, 1.82) is 0 Å². The number of hydrogen-bond donors (Lipinski definition) is 2. The lowest BCUT2D eigenvalue weighted by Gasteiger charge is -2.07. The molecular weight excluding hydrogens is 300 g/mol. The van der Waals surface area contributed by atoms with E-state index >= 15 is 0 Å². The normalized spacial score (nSPS) is 10.1. The Hall–Kier alpha value is -2.08. The Morgan fingerprint density at radius 3 is 2.44 bits per heavy atom. The number of benzene rings is 2. The van der Waals surface area contributed by atoms with Crippen LogP contribution in [0.5, 0.6) is 5.75 Å². The molecular formula is C12H9BrN2O3. The second-order valence-electron chi connectivity index (χ2n) is 3.59. The average Bonchev–Trinajstić information content (AvgIpc) is 2.32. The predicted octanol–water partition coefficient (Wildman–Crippen LogP) is 3.81. The topological polar surface area (TPSA) is 75.4 Å². The average molecular weight is 309 g/mol. The molecule has 2 aromatic carbocycles. The molecule has 0 aliphatic carbocycles. The Balaban J connectivity index is 2.35. The predicted molar refractivity (Wildman–Crippen MR) is 72.2 cm³/mol. The number of halogens is 1. The molecule has 92 valence electrons. The SMILES string of the molecule is O=[N+]([O-])c1ccc(Br)cc1Nc1ccc(O)cc1. The molecule has 0 heterocycles. The minimum atomic E-state index is -0.449. The zero-order chi connectivity index (χ0) is 13.1. The van der Waals surface area contributed by atoms with E-state index in [9.17, 15) is 10.1 Å². The lowest BCUT2D eigenvalue weighted by atomic mass is 10.2. The van der Waals surface area contributed by atoms with Crippen LogP contribution in [0.2, 0.25) is 0 Å². The first kappa shape index (κ1) is 12.4. The van der Waals surface area contributed by atoms with Crippen LogP contribution in [-0.4, -0.2) is 10.0 Å². The van der Waals surface area contributed by atoms with Gasteiger partial charge in [0.2, 0.25) is 0 Å². The molecule has 0 saturated heterocycles. The van der Waals surface area contributed by atoms with E-state index in [0.717, 1.165) is 4.47 Å². The van der Waals surface area contributed by atoms with Gasteiger partial charge < -0.3 is 10.4 Å². The first-order chi connectivity index (χ1) is 8.56. The van der Waals surface area contributed by atoms with Crippen LogP contribution in [0.15, 0.2) is 46.9 Å². The lowest BCUT2D eigenvalue weighted by Crippen LogP contribution is -1.96. The van der Waals surface area contributed by atoms with Gasteiger partial charge in [0.25, 0.3) is 5.69 Å². The second-order valence-corrected chi connectivity index (χ2v) is 4.51. The molecule has 18 heavy (non-hydrogen) atoms. The zero-order valence-electron chi connectivity index (χ0n) is 9.13. The van der Waals surface area contributed by atoms with Gasteiger partial charge in [-0.1, -0.05) is 15.9 Å². The quantitative estimate of drug-likeness (QED) is 0.513. The summed E-state index contributed by atoms with van der Waals surface area (Å²) >= 11 is 3.27. The molecule has 0 aromatic heterocycles. The van der Waals surface area contributed by atoms with Crippen molar-refractivity contribution in [3.8, 4) is 5.75 Å². The van der Waals surface area contributed by atoms with Crippen molar-refractivity contribution in [2.45, 2.75) is 0 Å². The minimum absolute atomic E-state index is 0.00808. The number of nitrogens with zero attached hydrogens (tertiary/aromatic N) is 1. The van der Waals surface area contributed by atoms with Gasteiger partial charge in [-0.3, -0.25) is 10.1 Å². The highest BCUT2D eigenvalue weighted by Crippen LogP contribution is 2.30. The van der Waals surface area contributed by atoms with Crippen molar-refractivity contribution >= 4 is 33.0 Å². The Labute approximate surface area is 111 Å². The molecule has 6 heteroatoms. The minimum Gasteiger partial charge on any atom is -0.508 e. The fraction of sp³-hybridized carbons (Fsp3) is 0. The van der Waals surface area contributed by atoms with Gasteiger partial charge in [-0.25, -0.2) is 0 Å². The molecule has 0 bridgehead atoms. The summed E-state index contributed by atoms with van der Waals surface area (Å²) in [6, 6.07) is 11.0. The molecule has 0 spiro atoms. The van der Waals surface area contributed by atoms with E-state index < -0.39 is 4.92 Å². The fourth-order valence-electron chi connectivity index (χ4n) is 1.47. The first-order valence-electron chi connectivity index (χ1n) is 5.06. The Kier molecular flexibility index (Phi) is 3.47. The summed E-state index contributed by atoms with van der Waals surface area (Å²) in [7, 11) is 0. The molecule has 0 unspecified atom stereocenters.